The lowest BCUT2D eigenvalue weighted by atomic mass is 9.98. The first-order valence-electron chi connectivity index (χ1n) is 13.5. The first-order valence-corrected chi connectivity index (χ1v) is 13.5. The molecule has 4 aromatic carbocycles. The molecule has 4 heteroatoms. The van der Waals surface area contributed by atoms with Gasteiger partial charge in [-0.3, -0.25) is 4.79 Å². The molecule has 5 aromatic rings. The molecule has 1 heterocycles. The van der Waals surface area contributed by atoms with E-state index in [1.807, 2.05) is 36.4 Å². The van der Waals surface area contributed by atoms with Crippen LogP contribution in [0.2, 0.25) is 0 Å². The molecule has 1 amide bonds. The molecular weight excluding hydrogens is 466 g/mol. The number of imidazole rings is 1. The number of hydrogen-bond acceptors (Lipinski definition) is 2. The topological polar surface area (TPSA) is 46.9 Å². The van der Waals surface area contributed by atoms with Crippen molar-refractivity contribution in [2.45, 2.75) is 45.6 Å². The van der Waals surface area contributed by atoms with E-state index in [0.29, 0.717) is 25.3 Å². The number of nitrogens with zero attached hydrogens (tertiary/aromatic N) is 2. The molecule has 0 bridgehead atoms. The number of carbonyl (C=O) groups is 1. The summed E-state index contributed by atoms with van der Waals surface area (Å²) in [5.41, 5.74) is 8.09. The van der Waals surface area contributed by atoms with Crippen LogP contribution in [0.1, 0.15) is 48.7 Å². The van der Waals surface area contributed by atoms with Crippen molar-refractivity contribution in [1.82, 2.24) is 14.9 Å². The second-order valence-corrected chi connectivity index (χ2v) is 9.99. The highest BCUT2D eigenvalue weighted by Crippen LogP contribution is 2.22. The van der Waals surface area contributed by atoms with Crippen LogP contribution < -0.4 is 5.32 Å². The molecule has 1 unspecified atom stereocenters. The van der Waals surface area contributed by atoms with Gasteiger partial charge < -0.3 is 9.88 Å². The monoisotopic (exact) mass is 501 g/mol. The van der Waals surface area contributed by atoms with Gasteiger partial charge in [-0.1, -0.05) is 105 Å². The smallest absolute Gasteiger partial charge is 0.224 e. The van der Waals surface area contributed by atoms with Gasteiger partial charge in [0.05, 0.1) is 17.5 Å². The van der Waals surface area contributed by atoms with Crippen LogP contribution in [0.3, 0.4) is 0 Å². The lowest BCUT2D eigenvalue weighted by Gasteiger charge is -2.13. The molecule has 0 aliphatic carbocycles. The maximum Gasteiger partial charge on any atom is 0.224 e. The number of aromatic nitrogens is 2. The van der Waals surface area contributed by atoms with Crippen LogP contribution in [-0.4, -0.2) is 22.0 Å². The summed E-state index contributed by atoms with van der Waals surface area (Å²) < 4.78 is 2.28. The minimum absolute atomic E-state index is 0.0285. The average Bonchev–Trinajstić information content (AvgIpc) is 3.31. The Hall–Kier alpha value is -4.18. The second-order valence-electron chi connectivity index (χ2n) is 9.99. The SMILES string of the molecule is CCC(C)c1ccc(Cn2c(CCNC(=O)Cc3ccc(-c4ccccc4)cc3)nc3ccccc32)cc1. The van der Waals surface area contributed by atoms with Crippen molar-refractivity contribution in [3.05, 3.63) is 126 Å². The zero-order valence-electron chi connectivity index (χ0n) is 22.2. The van der Waals surface area contributed by atoms with E-state index in [1.165, 1.54) is 16.7 Å². The van der Waals surface area contributed by atoms with Gasteiger partial charge in [0.2, 0.25) is 5.91 Å². The van der Waals surface area contributed by atoms with E-state index in [9.17, 15) is 4.79 Å². The average molecular weight is 502 g/mol. The van der Waals surface area contributed by atoms with E-state index in [2.05, 4.69) is 90.5 Å². The number of fused-ring (bicyclic) bond motifs is 1. The Labute approximate surface area is 225 Å². The van der Waals surface area contributed by atoms with Crippen molar-refractivity contribution in [2.75, 3.05) is 6.54 Å². The standard InChI is InChI=1S/C34H35N3O/c1-3-25(2)28-17-15-27(16-18-28)24-37-32-12-8-7-11-31(32)36-33(37)21-22-35-34(38)23-26-13-19-30(20-14-26)29-9-5-4-6-10-29/h4-20,25H,3,21-24H2,1-2H3,(H,35,38). The van der Waals surface area contributed by atoms with Crippen molar-refractivity contribution in [1.29, 1.82) is 0 Å². The highest BCUT2D eigenvalue weighted by molar-refractivity contribution is 5.79. The predicted octanol–water partition coefficient (Wildman–Crippen LogP) is 7.17. The van der Waals surface area contributed by atoms with Crippen molar-refractivity contribution in [2.24, 2.45) is 0 Å². The van der Waals surface area contributed by atoms with Crippen LogP contribution in [0.5, 0.6) is 0 Å². The maximum atomic E-state index is 12.7. The molecule has 1 atom stereocenters. The Kier molecular flexibility index (Phi) is 7.98. The fourth-order valence-electron chi connectivity index (χ4n) is 4.87. The minimum atomic E-state index is 0.0285. The molecule has 1 aromatic heterocycles. The first kappa shape index (κ1) is 25.5. The molecule has 4 nitrogen and oxygen atoms in total. The summed E-state index contributed by atoms with van der Waals surface area (Å²) in [6.45, 7) is 5.81. The molecule has 0 aliphatic heterocycles. The van der Waals surface area contributed by atoms with E-state index in [-0.39, 0.29) is 5.91 Å². The Morgan fingerprint density at radius 1 is 0.816 bits per heavy atom. The van der Waals surface area contributed by atoms with Gasteiger partial charge in [-0.25, -0.2) is 4.98 Å². The van der Waals surface area contributed by atoms with E-state index >= 15 is 0 Å². The molecule has 1 N–H and O–H groups in total. The molecule has 0 radical (unpaired) electrons. The quantitative estimate of drug-likeness (QED) is 0.221. The molecule has 0 aliphatic rings. The van der Waals surface area contributed by atoms with Crippen molar-refractivity contribution >= 4 is 16.9 Å². The highest BCUT2D eigenvalue weighted by atomic mass is 16.1. The van der Waals surface area contributed by atoms with Gasteiger partial charge in [0.15, 0.2) is 0 Å². The molecule has 0 spiro atoms. The fraction of sp³-hybridized carbons (Fsp3) is 0.235. The van der Waals surface area contributed by atoms with Crippen LogP contribution in [-0.2, 0) is 24.2 Å². The van der Waals surface area contributed by atoms with Crippen LogP contribution in [0.25, 0.3) is 22.2 Å². The van der Waals surface area contributed by atoms with Gasteiger partial charge in [0.25, 0.3) is 0 Å². The lowest BCUT2D eigenvalue weighted by molar-refractivity contribution is -0.120. The van der Waals surface area contributed by atoms with E-state index in [4.69, 9.17) is 4.98 Å². The highest BCUT2D eigenvalue weighted by Gasteiger charge is 2.12. The zero-order chi connectivity index (χ0) is 26.3. The van der Waals surface area contributed by atoms with Crippen molar-refractivity contribution in [3.63, 3.8) is 0 Å². The largest absolute Gasteiger partial charge is 0.355 e. The molecular formula is C34H35N3O. The number of para-hydroxylation sites is 2. The van der Waals surface area contributed by atoms with Crippen LogP contribution in [0.4, 0.5) is 0 Å². The second kappa shape index (κ2) is 11.9. The first-order chi connectivity index (χ1) is 18.6. The summed E-state index contributed by atoms with van der Waals surface area (Å²) in [6.07, 6.45) is 2.19. The molecule has 0 fully saturated rings. The fourth-order valence-corrected chi connectivity index (χ4v) is 4.87. The number of amides is 1. The molecule has 0 saturated heterocycles. The molecule has 0 saturated carbocycles. The predicted molar refractivity (Wildman–Crippen MR) is 156 cm³/mol. The molecule has 192 valence electrons. The third-order valence-corrected chi connectivity index (χ3v) is 7.33. The Morgan fingerprint density at radius 2 is 1.47 bits per heavy atom. The van der Waals surface area contributed by atoms with Gasteiger partial charge in [0.1, 0.15) is 5.82 Å². The molecule has 5 rings (SSSR count). The van der Waals surface area contributed by atoms with E-state index < -0.39 is 0 Å². The Balaban J connectivity index is 1.22. The van der Waals surface area contributed by atoms with Gasteiger partial charge in [-0.15, -0.1) is 0 Å². The summed E-state index contributed by atoms with van der Waals surface area (Å²) in [5.74, 6) is 1.59. The summed E-state index contributed by atoms with van der Waals surface area (Å²) >= 11 is 0. The number of benzene rings is 4. The minimum Gasteiger partial charge on any atom is -0.355 e. The lowest BCUT2D eigenvalue weighted by Crippen LogP contribution is -2.28. The zero-order valence-corrected chi connectivity index (χ0v) is 22.2. The van der Waals surface area contributed by atoms with Crippen LogP contribution in [0.15, 0.2) is 103 Å². The third kappa shape index (κ3) is 6.03. The summed E-state index contributed by atoms with van der Waals surface area (Å²) in [6, 6.07) is 35.7. The maximum absolute atomic E-state index is 12.7. The number of nitrogens with one attached hydrogen (secondary N) is 1. The van der Waals surface area contributed by atoms with Crippen molar-refractivity contribution < 1.29 is 4.79 Å². The van der Waals surface area contributed by atoms with Crippen molar-refractivity contribution in [3.8, 4) is 11.1 Å². The summed E-state index contributed by atoms with van der Waals surface area (Å²) in [5, 5.41) is 3.10. The van der Waals surface area contributed by atoms with Gasteiger partial charge in [0, 0.05) is 19.5 Å². The van der Waals surface area contributed by atoms with E-state index in [0.717, 1.165) is 41.0 Å². The van der Waals surface area contributed by atoms with Gasteiger partial charge in [-0.2, -0.15) is 0 Å². The number of rotatable bonds is 10. The van der Waals surface area contributed by atoms with Gasteiger partial charge in [-0.05, 0) is 52.3 Å². The van der Waals surface area contributed by atoms with E-state index in [1.54, 1.807) is 0 Å². The molecule has 38 heavy (non-hydrogen) atoms. The van der Waals surface area contributed by atoms with Crippen LogP contribution >= 0.6 is 0 Å². The Morgan fingerprint density at radius 3 is 2.21 bits per heavy atom. The normalized spacial score (nSPS) is 11.9. The summed E-state index contributed by atoms with van der Waals surface area (Å²) in [7, 11) is 0. The van der Waals surface area contributed by atoms with Crippen LogP contribution in [0, 0.1) is 0 Å². The third-order valence-electron chi connectivity index (χ3n) is 7.33. The number of hydrogen-bond donors (Lipinski definition) is 1. The van der Waals surface area contributed by atoms with Gasteiger partial charge >= 0.3 is 0 Å². The Bertz CT molecular complexity index is 1490. The summed E-state index contributed by atoms with van der Waals surface area (Å²) in [4.78, 5) is 17.6. The number of carbonyl (C=O) groups excluding carboxylic acids is 1.